The summed E-state index contributed by atoms with van der Waals surface area (Å²) in [5, 5.41) is 3.19. The first kappa shape index (κ1) is 15.3. The highest BCUT2D eigenvalue weighted by atomic mass is 35.5. The van der Waals surface area contributed by atoms with Crippen molar-refractivity contribution in [2.24, 2.45) is 0 Å². The molecule has 0 saturated heterocycles. The highest BCUT2D eigenvalue weighted by molar-refractivity contribution is 6.18. The van der Waals surface area contributed by atoms with Crippen LogP contribution >= 0.6 is 11.6 Å². The van der Waals surface area contributed by atoms with E-state index in [0.717, 1.165) is 18.6 Å². The van der Waals surface area contributed by atoms with Crippen molar-refractivity contribution in [3.8, 4) is 0 Å². The molecule has 1 unspecified atom stereocenters. The van der Waals surface area contributed by atoms with Gasteiger partial charge in [0.2, 0.25) is 0 Å². The van der Waals surface area contributed by atoms with Crippen molar-refractivity contribution >= 4 is 11.6 Å². The van der Waals surface area contributed by atoms with Gasteiger partial charge in [-0.05, 0) is 25.0 Å². The van der Waals surface area contributed by atoms with E-state index in [1.54, 1.807) is 6.07 Å². The van der Waals surface area contributed by atoms with Crippen LogP contribution in [0.1, 0.15) is 31.4 Å². The maximum atomic E-state index is 12.5. The highest BCUT2D eigenvalue weighted by Crippen LogP contribution is 2.29. The minimum Gasteiger partial charge on any atom is -0.306 e. The van der Waals surface area contributed by atoms with E-state index in [9.17, 15) is 13.2 Å². The molecule has 1 aromatic carbocycles. The van der Waals surface area contributed by atoms with Gasteiger partial charge >= 0.3 is 6.18 Å². The molecule has 0 aliphatic carbocycles. The molecular formula is C13H17ClF3N. The Kier molecular flexibility index (Phi) is 5.05. The molecule has 0 amide bonds. The molecule has 0 spiro atoms. The number of nitrogens with one attached hydrogen (secondary N) is 1. The SMILES string of the molecule is CCC(C)(CCl)NCc1cccc(C(F)(F)F)c1. The van der Waals surface area contributed by atoms with Gasteiger partial charge in [-0.2, -0.15) is 13.2 Å². The number of rotatable bonds is 5. The topological polar surface area (TPSA) is 12.0 Å². The molecule has 0 aliphatic heterocycles. The van der Waals surface area contributed by atoms with Crippen LogP contribution in [0.15, 0.2) is 24.3 Å². The predicted molar refractivity (Wildman–Crippen MR) is 67.7 cm³/mol. The minimum atomic E-state index is -4.30. The molecule has 1 atom stereocenters. The molecule has 0 aromatic heterocycles. The van der Waals surface area contributed by atoms with E-state index < -0.39 is 11.7 Å². The molecule has 1 nitrogen and oxygen atoms in total. The quantitative estimate of drug-likeness (QED) is 0.797. The van der Waals surface area contributed by atoms with Crippen molar-refractivity contribution < 1.29 is 13.2 Å². The largest absolute Gasteiger partial charge is 0.416 e. The zero-order valence-corrected chi connectivity index (χ0v) is 11.2. The van der Waals surface area contributed by atoms with Crippen molar-refractivity contribution in [3.63, 3.8) is 0 Å². The molecule has 0 saturated carbocycles. The molecule has 1 rings (SSSR count). The zero-order valence-electron chi connectivity index (χ0n) is 10.4. The molecule has 18 heavy (non-hydrogen) atoms. The van der Waals surface area contributed by atoms with Gasteiger partial charge in [0.15, 0.2) is 0 Å². The third-order valence-corrected chi connectivity index (χ3v) is 3.64. The normalized spacial score (nSPS) is 15.4. The predicted octanol–water partition coefficient (Wildman–Crippen LogP) is 4.20. The van der Waals surface area contributed by atoms with E-state index in [1.165, 1.54) is 6.07 Å². The molecule has 0 bridgehead atoms. The molecule has 1 N–H and O–H groups in total. The summed E-state index contributed by atoms with van der Waals surface area (Å²) < 4.78 is 37.6. The fourth-order valence-corrected chi connectivity index (χ4v) is 1.72. The molecule has 0 heterocycles. The third kappa shape index (κ3) is 4.18. The first-order chi connectivity index (χ1) is 8.30. The molecule has 0 radical (unpaired) electrons. The van der Waals surface area contributed by atoms with Crippen LogP contribution in [0.3, 0.4) is 0 Å². The molecule has 1 aromatic rings. The fraction of sp³-hybridized carbons (Fsp3) is 0.538. The fourth-order valence-electron chi connectivity index (χ4n) is 1.44. The van der Waals surface area contributed by atoms with Gasteiger partial charge in [0, 0.05) is 18.0 Å². The Morgan fingerprint density at radius 3 is 2.44 bits per heavy atom. The summed E-state index contributed by atoms with van der Waals surface area (Å²) in [4.78, 5) is 0. The Hall–Kier alpha value is -0.740. The average Bonchev–Trinajstić information content (AvgIpc) is 2.35. The molecule has 0 fully saturated rings. The number of hydrogen-bond donors (Lipinski definition) is 1. The van der Waals surface area contributed by atoms with Crippen LogP contribution in [0.4, 0.5) is 13.2 Å². The van der Waals surface area contributed by atoms with Gasteiger partial charge in [-0.1, -0.05) is 25.1 Å². The lowest BCUT2D eigenvalue weighted by Gasteiger charge is -2.27. The number of halogens is 4. The van der Waals surface area contributed by atoms with Crippen LogP contribution in [-0.4, -0.2) is 11.4 Å². The smallest absolute Gasteiger partial charge is 0.306 e. The Morgan fingerprint density at radius 2 is 1.94 bits per heavy atom. The van der Waals surface area contributed by atoms with Gasteiger partial charge < -0.3 is 5.32 Å². The van der Waals surface area contributed by atoms with Gasteiger partial charge in [-0.25, -0.2) is 0 Å². The zero-order chi connectivity index (χ0) is 13.8. The van der Waals surface area contributed by atoms with Crippen LogP contribution in [-0.2, 0) is 12.7 Å². The summed E-state index contributed by atoms with van der Waals surface area (Å²) in [7, 11) is 0. The first-order valence-electron chi connectivity index (χ1n) is 5.78. The van der Waals surface area contributed by atoms with Gasteiger partial charge in [0.1, 0.15) is 0 Å². The van der Waals surface area contributed by atoms with E-state index >= 15 is 0 Å². The van der Waals surface area contributed by atoms with Gasteiger partial charge in [0.05, 0.1) is 5.56 Å². The third-order valence-electron chi connectivity index (χ3n) is 3.05. The summed E-state index contributed by atoms with van der Waals surface area (Å²) in [5.74, 6) is 0.419. The van der Waals surface area contributed by atoms with Crippen LogP contribution < -0.4 is 5.32 Å². The maximum Gasteiger partial charge on any atom is 0.416 e. The van der Waals surface area contributed by atoms with E-state index in [2.05, 4.69) is 5.32 Å². The Labute approximate surface area is 110 Å². The first-order valence-corrected chi connectivity index (χ1v) is 6.31. The van der Waals surface area contributed by atoms with E-state index in [4.69, 9.17) is 11.6 Å². The molecular weight excluding hydrogens is 263 g/mol. The van der Waals surface area contributed by atoms with Gasteiger partial charge in [0.25, 0.3) is 0 Å². The Bertz CT molecular complexity index is 386. The second kappa shape index (κ2) is 5.93. The molecule has 5 heteroatoms. The van der Waals surface area contributed by atoms with Crippen molar-refractivity contribution in [1.29, 1.82) is 0 Å². The van der Waals surface area contributed by atoms with Gasteiger partial charge in [-0.15, -0.1) is 11.6 Å². The van der Waals surface area contributed by atoms with Crippen LogP contribution in [0.2, 0.25) is 0 Å². The molecule has 0 aliphatic rings. The average molecular weight is 280 g/mol. The second-order valence-electron chi connectivity index (χ2n) is 4.60. The summed E-state index contributed by atoms with van der Waals surface area (Å²) in [5.41, 5.74) is -0.268. The highest BCUT2D eigenvalue weighted by Gasteiger charge is 2.30. The summed E-state index contributed by atoms with van der Waals surface area (Å²) >= 11 is 5.84. The van der Waals surface area contributed by atoms with E-state index in [1.807, 2.05) is 13.8 Å². The van der Waals surface area contributed by atoms with Crippen LogP contribution in [0.25, 0.3) is 0 Å². The van der Waals surface area contributed by atoms with Gasteiger partial charge in [-0.3, -0.25) is 0 Å². The summed E-state index contributed by atoms with van der Waals surface area (Å²) in [6, 6.07) is 5.33. The number of alkyl halides is 4. The summed E-state index contributed by atoms with van der Waals surface area (Å²) in [6.45, 7) is 4.32. The lowest BCUT2D eigenvalue weighted by molar-refractivity contribution is -0.137. The minimum absolute atomic E-state index is 0.254. The van der Waals surface area contributed by atoms with Crippen molar-refractivity contribution in [3.05, 3.63) is 35.4 Å². The molecule has 102 valence electrons. The number of hydrogen-bond acceptors (Lipinski definition) is 1. The second-order valence-corrected chi connectivity index (χ2v) is 4.87. The van der Waals surface area contributed by atoms with E-state index in [-0.39, 0.29) is 5.54 Å². The Morgan fingerprint density at radius 1 is 1.28 bits per heavy atom. The Balaban J connectivity index is 2.75. The van der Waals surface area contributed by atoms with Crippen molar-refractivity contribution in [2.75, 3.05) is 5.88 Å². The van der Waals surface area contributed by atoms with Crippen LogP contribution in [0.5, 0.6) is 0 Å². The van der Waals surface area contributed by atoms with E-state index in [0.29, 0.717) is 18.0 Å². The lowest BCUT2D eigenvalue weighted by Crippen LogP contribution is -2.43. The maximum absolute atomic E-state index is 12.5. The standard InChI is InChI=1S/C13H17ClF3N/c1-3-12(2,9-14)18-8-10-5-4-6-11(7-10)13(15,16)17/h4-7,18H,3,8-9H2,1-2H3. The van der Waals surface area contributed by atoms with Crippen LogP contribution in [0, 0.1) is 0 Å². The summed E-state index contributed by atoms with van der Waals surface area (Å²) in [6.07, 6.45) is -3.48. The lowest BCUT2D eigenvalue weighted by atomic mass is 10.0. The van der Waals surface area contributed by atoms with Crippen molar-refractivity contribution in [2.45, 2.75) is 38.5 Å². The van der Waals surface area contributed by atoms with Crippen molar-refractivity contribution in [1.82, 2.24) is 5.32 Å². The monoisotopic (exact) mass is 279 g/mol. The number of benzene rings is 1.